The summed E-state index contributed by atoms with van der Waals surface area (Å²) in [6, 6.07) is 2.55. The lowest BCUT2D eigenvalue weighted by atomic mass is 10.1. The molecule has 0 aliphatic heterocycles. The first-order valence-corrected chi connectivity index (χ1v) is 9.17. The molecule has 0 aliphatic rings. The highest BCUT2D eigenvalue weighted by Gasteiger charge is 2.21. The maximum atomic E-state index is 13.6. The zero-order chi connectivity index (χ0) is 19.2. The summed E-state index contributed by atoms with van der Waals surface area (Å²) in [6.45, 7) is 11.1. The highest BCUT2D eigenvalue weighted by atomic mass is 35.5. The second-order valence-electron chi connectivity index (χ2n) is 6.85. The number of hydrogen-bond donors (Lipinski definition) is 1. The van der Waals surface area contributed by atoms with Crippen LogP contribution >= 0.6 is 23.2 Å². The molecule has 1 amide bonds. The number of benzene rings is 1. The van der Waals surface area contributed by atoms with E-state index in [0.717, 1.165) is 6.42 Å². The molecule has 1 unspecified atom stereocenters. The molecule has 0 radical (unpaired) electrons. The van der Waals surface area contributed by atoms with Gasteiger partial charge in [0.05, 0.1) is 5.02 Å². The van der Waals surface area contributed by atoms with Gasteiger partial charge in [0.1, 0.15) is 11.4 Å². The molecule has 7 heteroatoms. The van der Waals surface area contributed by atoms with Crippen molar-refractivity contribution in [1.82, 2.24) is 10.2 Å². The summed E-state index contributed by atoms with van der Waals surface area (Å²) >= 11 is 12.1. The van der Waals surface area contributed by atoms with E-state index in [4.69, 9.17) is 27.9 Å². The van der Waals surface area contributed by atoms with E-state index in [2.05, 4.69) is 5.32 Å². The van der Waals surface area contributed by atoms with Gasteiger partial charge in [0.25, 0.3) is 0 Å². The number of nitrogens with zero attached hydrogens (tertiary/aromatic N) is 1. The zero-order valence-corrected chi connectivity index (χ0v) is 17.0. The summed E-state index contributed by atoms with van der Waals surface area (Å²) in [5.41, 5.74) is 0.0325. The third-order valence-electron chi connectivity index (χ3n) is 3.60. The van der Waals surface area contributed by atoms with E-state index in [1.165, 1.54) is 12.1 Å². The van der Waals surface area contributed by atoms with E-state index in [1.54, 1.807) is 4.90 Å². The first-order valence-electron chi connectivity index (χ1n) is 8.41. The number of nitrogens with one attached hydrogen (secondary N) is 1. The molecule has 1 aromatic carbocycles. The molecule has 4 nitrogen and oxygen atoms in total. The van der Waals surface area contributed by atoms with Crippen LogP contribution in [0.3, 0.4) is 0 Å². The Bertz CT molecular complexity index is 591. The molecule has 0 fully saturated rings. The number of ether oxygens (including phenoxy) is 1. The molecule has 1 atom stereocenters. The van der Waals surface area contributed by atoms with Crippen molar-refractivity contribution in [2.24, 2.45) is 0 Å². The molecular weight excluding hydrogens is 366 g/mol. The molecule has 1 N–H and O–H groups in total. The van der Waals surface area contributed by atoms with Crippen molar-refractivity contribution in [3.63, 3.8) is 0 Å². The van der Waals surface area contributed by atoms with Crippen LogP contribution in [-0.4, -0.2) is 36.2 Å². The van der Waals surface area contributed by atoms with Crippen molar-refractivity contribution < 1.29 is 13.9 Å². The predicted octanol–water partition coefficient (Wildman–Crippen LogP) is 5.43. The fourth-order valence-electron chi connectivity index (χ4n) is 2.34. The Labute approximate surface area is 159 Å². The lowest BCUT2D eigenvalue weighted by molar-refractivity contribution is 0.0258. The molecule has 1 aromatic rings. The van der Waals surface area contributed by atoms with Crippen molar-refractivity contribution in [2.75, 3.05) is 19.6 Å². The molecular formula is C18H27Cl2FN2O2. The lowest BCUT2D eigenvalue weighted by Crippen LogP contribution is -2.38. The maximum absolute atomic E-state index is 13.6. The molecule has 0 spiro atoms. The summed E-state index contributed by atoms with van der Waals surface area (Å²) in [5.74, 6) is -0.489. The van der Waals surface area contributed by atoms with E-state index < -0.39 is 11.4 Å². The van der Waals surface area contributed by atoms with E-state index in [9.17, 15) is 9.18 Å². The summed E-state index contributed by atoms with van der Waals surface area (Å²) < 4.78 is 19.0. The van der Waals surface area contributed by atoms with Crippen molar-refractivity contribution in [1.29, 1.82) is 0 Å². The van der Waals surface area contributed by atoms with Gasteiger partial charge in [-0.25, -0.2) is 9.18 Å². The van der Waals surface area contributed by atoms with Gasteiger partial charge < -0.3 is 15.0 Å². The Hall–Kier alpha value is -1.04. The summed E-state index contributed by atoms with van der Waals surface area (Å²) in [7, 11) is 0. The van der Waals surface area contributed by atoms with Gasteiger partial charge in [0.15, 0.2) is 0 Å². The van der Waals surface area contributed by atoms with Crippen LogP contribution in [0.15, 0.2) is 12.1 Å². The Balaban J connectivity index is 2.52. The molecule has 25 heavy (non-hydrogen) atoms. The van der Waals surface area contributed by atoms with Gasteiger partial charge in [-0.1, -0.05) is 23.2 Å². The van der Waals surface area contributed by atoms with Crippen LogP contribution in [0.25, 0.3) is 0 Å². The van der Waals surface area contributed by atoms with Crippen LogP contribution in [-0.2, 0) is 4.74 Å². The highest BCUT2D eigenvalue weighted by molar-refractivity contribution is 6.36. The Morgan fingerprint density at radius 2 is 2.00 bits per heavy atom. The average molecular weight is 393 g/mol. The first-order chi connectivity index (χ1) is 11.6. The number of amides is 1. The zero-order valence-electron chi connectivity index (χ0n) is 15.5. The van der Waals surface area contributed by atoms with Gasteiger partial charge in [0, 0.05) is 29.7 Å². The van der Waals surface area contributed by atoms with Crippen LogP contribution in [0.5, 0.6) is 0 Å². The summed E-state index contributed by atoms with van der Waals surface area (Å²) in [4.78, 5) is 13.7. The van der Waals surface area contributed by atoms with E-state index in [1.807, 2.05) is 34.6 Å². The third-order valence-corrected chi connectivity index (χ3v) is 4.31. The minimum absolute atomic E-state index is 0.0384. The van der Waals surface area contributed by atoms with Gasteiger partial charge >= 0.3 is 6.09 Å². The number of halogens is 3. The minimum atomic E-state index is -0.512. The third kappa shape index (κ3) is 7.00. The van der Waals surface area contributed by atoms with Crippen molar-refractivity contribution in [2.45, 2.75) is 52.7 Å². The molecule has 142 valence electrons. The van der Waals surface area contributed by atoms with Crippen molar-refractivity contribution >= 4 is 29.3 Å². The van der Waals surface area contributed by atoms with Gasteiger partial charge in [-0.15, -0.1) is 0 Å². The highest BCUT2D eigenvalue weighted by Crippen LogP contribution is 2.32. The SMILES string of the molecule is CCN(CCCNC(C)c1c(Cl)ccc(F)c1Cl)C(=O)OC(C)(C)C. The second kappa shape index (κ2) is 9.60. The van der Waals surface area contributed by atoms with Gasteiger partial charge in [-0.3, -0.25) is 0 Å². The second-order valence-corrected chi connectivity index (χ2v) is 7.63. The number of carbonyl (C=O) groups is 1. The quantitative estimate of drug-likeness (QED) is 0.496. The van der Waals surface area contributed by atoms with Crippen LogP contribution < -0.4 is 5.32 Å². The Morgan fingerprint density at radius 3 is 2.56 bits per heavy atom. The number of rotatable bonds is 7. The van der Waals surface area contributed by atoms with E-state index in [-0.39, 0.29) is 17.2 Å². The van der Waals surface area contributed by atoms with Gasteiger partial charge in [-0.05, 0) is 59.7 Å². The van der Waals surface area contributed by atoms with Crippen LogP contribution in [0.4, 0.5) is 9.18 Å². The lowest BCUT2D eigenvalue weighted by Gasteiger charge is -2.26. The Kier molecular flexibility index (Phi) is 8.45. The molecule has 0 heterocycles. The van der Waals surface area contributed by atoms with Crippen LogP contribution in [0.1, 0.15) is 52.6 Å². The standard InChI is InChI=1S/C18H27Cl2FN2O2/c1-6-23(17(24)25-18(3,4)5)11-7-10-22-12(2)15-13(19)8-9-14(21)16(15)20/h8-9,12,22H,6-7,10-11H2,1-5H3. The largest absolute Gasteiger partial charge is 0.444 e. The minimum Gasteiger partial charge on any atom is -0.444 e. The Morgan fingerprint density at radius 1 is 1.36 bits per heavy atom. The van der Waals surface area contributed by atoms with E-state index in [0.29, 0.717) is 30.2 Å². The molecule has 0 saturated carbocycles. The summed E-state index contributed by atoms with van der Waals surface area (Å²) in [6.07, 6.45) is 0.404. The van der Waals surface area contributed by atoms with E-state index >= 15 is 0 Å². The molecule has 0 aromatic heterocycles. The number of hydrogen-bond acceptors (Lipinski definition) is 3. The van der Waals surface area contributed by atoms with Gasteiger partial charge in [-0.2, -0.15) is 0 Å². The maximum Gasteiger partial charge on any atom is 0.410 e. The smallest absolute Gasteiger partial charge is 0.410 e. The topological polar surface area (TPSA) is 41.6 Å². The van der Waals surface area contributed by atoms with Crippen molar-refractivity contribution in [3.8, 4) is 0 Å². The van der Waals surface area contributed by atoms with Crippen molar-refractivity contribution in [3.05, 3.63) is 33.6 Å². The number of carbonyl (C=O) groups excluding carboxylic acids is 1. The predicted molar refractivity (Wildman–Crippen MR) is 101 cm³/mol. The van der Waals surface area contributed by atoms with Crippen LogP contribution in [0.2, 0.25) is 10.0 Å². The summed E-state index contributed by atoms with van der Waals surface area (Å²) in [5, 5.41) is 3.72. The molecule has 0 aliphatic carbocycles. The monoisotopic (exact) mass is 392 g/mol. The van der Waals surface area contributed by atoms with Gasteiger partial charge in [0.2, 0.25) is 0 Å². The fraction of sp³-hybridized carbons (Fsp3) is 0.611. The van der Waals surface area contributed by atoms with Crippen LogP contribution in [0, 0.1) is 5.82 Å². The normalized spacial score (nSPS) is 12.8. The molecule has 0 saturated heterocycles. The molecule has 0 bridgehead atoms. The first kappa shape index (κ1) is 22.0. The fourth-order valence-corrected chi connectivity index (χ4v) is 3.03. The average Bonchev–Trinajstić information content (AvgIpc) is 2.49. The molecule has 1 rings (SSSR count).